The summed E-state index contributed by atoms with van der Waals surface area (Å²) in [5.41, 5.74) is 3.55. The van der Waals surface area contributed by atoms with Crippen molar-refractivity contribution < 1.29 is 13.9 Å². The highest BCUT2D eigenvalue weighted by molar-refractivity contribution is 5.96. The number of para-hydroxylation sites is 1. The molecule has 1 aliphatic rings. The molecule has 2 aromatic carbocycles. The first-order valence-corrected chi connectivity index (χ1v) is 9.40. The number of hydrogen-bond acceptors (Lipinski definition) is 3. The van der Waals surface area contributed by atoms with E-state index in [1.54, 1.807) is 23.9 Å². The SMILES string of the molecule is CCc1nn(C)c(NC(=O)C2COc3ccccc3C2)c1-c1ccc(F)cc1. The number of carbonyl (C=O) groups is 1. The molecule has 0 radical (unpaired) electrons. The third-order valence-electron chi connectivity index (χ3n) is 5.08. The lowest BCUT2D eigenvalue weighted by Crippen LogP contribution is -2.33. The summed E-state index contributed by atoms with van der Waals surface area (Å²) in [6.45, 7) is 2.35. The number of fused-ring (bicyclic) bond motifs is 1. The number of rotatable bonds is 4. The minimum Gasteiger partial charge on any atom is -0.492 e. The van der Waals surface area contributed by atoms with Gasteiger partial charge < -0.3 is 10.1 Å². The van der Waals surface area contributed by atoms with Crippen molar-refractivity contribution in [3.63, 3.8) is 0 Å². The summed E-state index contributed by atoms with van der Waals surface area (Å²) >= 11 is 0. The van der Waals surface area contributed by atoms with Crippen molar-refractivity contribution in [3.8, 4) is 16.9 Å². The Morgan fingerprint density at radius 1 is 1.25 bits per heavy atom. The average Bonchev–Trinajstić information content (AvgIpc) is 3.03. The van der Waals surface area contributed by atoms with E-state index in [9.17, 15) is 9.18 Å². The maximum Gasteiger partial charge on any atom is 0.232 e. The third-order valence-corrected chi connectivity index (χ3v) is 5.08. The predicted molar refractivity (Wildman–Crippen MR) is 106 cm³/mol. The molecule has 6 heteroatoms. The van der Waals surface area contributed by atoms with E-state index in [1.165, 1.54) is 12.1 Å². The molecule has 1 atom stereocenters. The predicted octanol–water partition coefficient (Wildman–Crippen LogP) is 3.98. The molecule has 0 fully saturated rings. The van der Waals surface area contributed by atoms with Gasteiger partial charge in [0.05, 0.1) is 11.6 Å². The number of hydrogen-bond donors (Lipinski definition) is 1. The van der Waals surface area contributed by atoms with E-state index in [0.717, 1.165) is 28.1 Å². The first-order valence-electron chi connectivity index (χ1n) is 9.40. The zero-order chi connectivity index (χ0) is 19.7. The summed E-state index contributed by atoms with van der Waals surface area (Å²) in [7, 11) is 1.80. The summed E-state index contributed by atoms with van der Waals surface area (Å²) in [5.74, 6) is 0.772. The van der Waals surface area contributed by atoms with Gasteiger partial charge in [-0.3, -0.25) is 9.48 Å². The molecule has 1 N–H and O–H groups in total. The van der Waals surface area contributed by atoms with Crippen LogP contribution >= 0.6 is 0 Å². The topological polar surface area (TPSA) is 56.2 Å². The zero-order valence-corrected chi connectivity index (χ0v) is 15.9. The van der Waals surface area contributed by atoms with E-state index in [1.807, 2.05) is 31.2 Å². The molecule has 0 spiro atoms. The lowest BCUT2D eigenvalue weighted by molar-refractivity contribution is -0.121. The van der Waals surface area contributed by atoms with Gasteiger partial charge in [-0.1, -0.05) is 37.3 Å². The van der Waals surface area contributed by atoms with E-state index in [0.29, 0.717) is 25.3 Å². The van der Waals surface area contributed by atoms with Gasteiger partial charge >= 0.3 is 0 Å². The van der Waals surface area contributed by atoms with Crippen LogP contribution in [0, 0.1) is 11.7 Å². The molecular formula is C22H22FN3O2. The van der Waals surface area contributed by atoms with Crippen LogP contribution in [-0.4, -0.2) is 22.3 Å². The second kappa shape index (κ2) is 7.46. The Morgan fingerprint density at radius 2 is 2.00 bits per heavy atom. The molecule has 4 rings (SSSR count). The van der Waals surface area contributed by atoms with Gasteiger partial charge in [0.2, 0.25) is 5.91 Å². The molecule has 0 bridgehead atoms. The van der Waals surface area contributed by atoms with Crippen molar-refractivity contribution in [1.82, 2.24) is 9.78 Å². The van der Waals surface area contributed by atoms with Gasteiger partial charge in [0, 0.05) is 12.6 Å². The second-order valence-corrected chi connectivity index (χ2v) is 6.96. The summed E-state index contributed by atoms with van der Waals surface area (Å²) in [6.07, 6.45) is 1.34. The number of nitrogens with zero attached hydrogens (tertiary/aromatic N) is 2. The van der Waals surface area contributed by atoms with Gasteiger partial charge in [-0.2, -0.15) is 5.10 Å². The summed E-state index contributed by atoms with van der Waals surface area (Å²) in [4.78, 5) is 13.0. The van der Waals surface area contributed by atoms with Crippen LogP contribution < -0.4 is 10.1 Å². The van der Waals surface area contributed by atoms with E-state index in [-0.39, 0.29) is 17.6 Å². The van der Waals surface area contributed by atoms with Gasteiger partial charge in [-0.25, -0.2) is 4.39 Å². The number of aromatic nitrogens is 2. The average molecular weight is 379 g/mol. The van der Waals surface area contributed by atoms with Crippen LogP contribution in [0.2, 0.25) is 0 Å². The number of ether oxygens (including phenoxy) is 1. The summed E-state index contributed by atoms with van der Waals surface area (Å²) in [6, 6.07) is 14.0. The number of amides is 1. The zero-order valence-electron chi connectivity index (χ0n) is 15.9. The first-order chi connectivity index (χ1) is 13.6. The number of aryl methyl sites for hydroxylation is 2. The highest BCUT2D eigenvalue weighted by Gasteiger charge is 2.28. The number of anilines is 1. The van der Waals surface area contributed by atoms with Gasteiger partial charge in [0.1, 0.15) is 24.0 Å². The Morgan fingerprint density at radius 3 is 2.75 bits per heavy atom. The Hall–Kier alpha value is -3.15. The molecule has 5 nitrogen and oxygen atoms in total. The summed E-state index contributed by atoms with van der Waals surface area (Å²) < 4.78 is 20.8. The number of halogens is 1. The molecule has 0 saturated heterocycles. The van der Waals surface area contributed by atoms with Crippen molar-refractivity contribution in [2.45, 2.75) is 19.8 Å². The lowest BCUT2D eigenvalue weighted by atomic mass is 9.96. The highest BCUT2D eigenvalue weighted by Crippen LogP contribution is 2.33. The van der Waals surface area contributed by atoms with Crippen LogP contribution in [0.1, 0.15) is 18.2 Å². The molecular weight excluding hydrogens is 357 g/mol. The van der Waals surface area contributed by atoms with Crippen molar-refractivity contribution in [1.29, 1.82) is 0 Å². The minimum atomic E-state index is -0.297. The fraction of sp³-hybridized carbons (Fsp3) is 0.273. The largest absolute Gasteiger partial charge is 0.492 e. The van der Waals surface area contributed by atoms with Crippen molar-refractivity contribution in [2.75, 3.05) is 11.9 Å². The molecule has 2 heterocycles. The van der Waals surface area contributed by atoms with E-state index in [4.69, 9.17) is 4.74 Å². The Bertz CT molecular complexity index is 1010. The van der Waals surface area contributed by atoms with Gasteiger partial charge in [0.15, 0.2) is 0 Å². The van der Waals surface area contributed by atoms with Crippen LogP contribution in [0.15, 0.2) is 48.5 Å². The van der Waals surface area contributed by atoms with Crippen LogP contribution in [-0.2, 0) is 24.7 Å². The number of benzene rings is 2. The molecule has 28 heavy (non-hydrogen) atoms. The van der Waals surface area contributed by atoms with Gasteiger partial charge in [-0.05, 0) is 42.2 Å². The van der Waals surface area contributed by atoms with Crippen molar-refractivity contribution in [2.24, 2.45) is 13.0 Å². The molecule has 3 aromatic rings. The maximum atomic E-state index is 13.4. The maximum absolute atomic E-state index is 13.4. The quantitative estimate of drug-likeness (QED) is 0.746. The Kier molecular flexibility index (Phi) is 4.86. The second-order valence-electron chi connectivity index (χ2n) is 6.96. The van der Waals surface area contributed by atoms with E-state index < -0.39 is 0 Å². The first kappa shape index (κ1) is 18.2. The van der Waals surface area contributed by atoms with Crippen LogP contribution in [0.5, 0.6) is 5.75 Å². The summed E-state index contributed by atoms with van der Waals surface area (Å²) in [5, 5.41) is 7.57. The molecule has 0 saturated carbocycles. The van der Waals surface area contributed by atoms with Crippen LogP contribution in [0.3, 0.4) is 0 Å². The minimum absolute atomic E-state index is 0.108. The van der Waals surface area contributed by atoms with Crippen LogP contribution in [0.25, 0.3) is 11.1 Å². The van der Waals surface area contributed by atoms with Crippen LogP contribution in [0.4, 0.5) is 10.2 Å². The Labute approximate surface area is 163 Å². The van der Waals surface area contributed by atoms with E-state index >= 15 is 0 Å². The molecule has 1 aliphatic heterocycles. The monoisotopic (exact) mass is 379 g/mol. The van der Waals surface area contributed by atoms with Crippen molar-refractivity contribution in [3.05, 3.63) is 65.6 Å². The van der Waals surface area contributed by atoms with Crippen molar-refractivity contribution >= 4 is 11.7 Å². The number of nitrogens with one attached hydrogen (secondary N) is 1. The fourth-order valence-electron chi connectivity index (χ4n) is 3.61. The van der Waals surface area contributed by atoms with Gasteiger partial charge in [0.25, 0.3) is 0 Å². The standard InChI is InChI=1S/C22H22FN3O2/c1-3-18-20(14-8-10-17(23)11-9-14)21(26(2)25-18)24-22(27)16-12-15-6-4-5-7-19(15)28-13-16/h4-11,16H,3,12-13H2,1-2H3,(H,24,27). The lowest BCUT2D eigenvalue weighted by Gasteiger charge is -2.24. The molecule has 1 aromatic heterocycles. The number of carbonyl (C=O) groups excluding carboxylic acids is 1. The van der Waals surface area contributed by atoms with E-state index in [2.05, 4.69) is 10.4 Å². The molecule has 1 unspecified atom stereocenters. The fourth-order valence-corrected chi connectivity index (χ4v) is 3.61. The normalized spacial score (nSPS) is 15.6. The third kappa shape index (κ3) is 3.38. The molecule has 0 aliphatic carbocycles. The van der Waals surface area contributed by atoms with Gasteiger partial charge in [-0.15, -0.1) is 0 Å². The Balaban J connectivity index is 1.62. The molecule has 1 amide bonds. The highest BCUT2D eigenvalue weighted by atomic mass is 19.1. The molecule has 144 valence electrons. The smallest absolute Gasteiger partial charge is 0.232 e.